The number of hydrogen-bond donors (Lipinski definition) is 2. The van der Waals surface area contributed by atoms with Gasteiger partial charge in [-0.15, -0.1) is 0 Å². The smallest absolute Gasteiger partial charge is 0.222 e. The third-order valence-corrected chi connectivity index (χ3v) is 13.5. The van der Waals surface area contributed by atoms with Crippen LogP contribution in [0.4, 0.5) is 0 Å². The van der Waals surface area contributed by atoms with Crippen LogP contribution in [0.25, 0.3) is 0 Å². The van der Waals surface area contributed by atoms with Crippen LogP contribution in [0.5, 0.6) is 0 Å². The minimum Gasteiger partial charge on any atom is -0.748 e. The van der Waals surface area contributed by atoms with E-state index in [0.29, 0.717) is 68.5 Å². The summed E-state index contributed by atoms with van der Waals surface area (Å²) in [5.41, 5.74) is 0.0593. The first-order valence-corrected chi connectivity index (χ1v) is 17.6. The molecule has 0 unspecified atom stereocenters. The minimum atomic E-state index is -4.40. The molecular formula is C31H52NO7S-. The Kier molecular flexibility index (Phi) is 9.01. The summed E-state index contributed by atoms with van der Waals surface area (Å²) in [6.45, 7) is 8.02. The van der Waals surface area contributed by atoms with E-state index >= 15 is 0 Å². The lowest BCUT2D eigenvalue weighted by molar-refractivity contribution is -0.175. The lowest BCUT2D eigenvalue weighted by Crippen LogP contribution is -2.58. The lowest BCUT2D eigenvalue weighted by Gasteiger charge is -2.62. The molecule has 0 aromatic rings. The van der Waals surface area contributed by atoms with Crippen LogP contribution < -0.4 is 0 Å². The number of carbonyl (C=O) groups excluding carboxylic acids is 1. The Morgan fingerprint density at radius 3 is 2.45 bits per heavy atom. The highest BCUT2D eigenvalue weighted by atomic mass is 32.2. The van der Waals surface area contributed by atoms with Gasteiger partial charge in [-0.2, -0.15) is 0 Å². The summed E-state index contributed by atoms with van der Waals surface area (Å²) in [4.78, 5) is 15.0. The van der Waals surface area contributed by atoms with Gasteiger partial charge >= 0.3 is 0 Å². The summed E-state index contributed by atoms with van der Waals surface area (Å²) in [7, 11) is -4.40. The molecule has 1 amide bonds. The second-order valence-electron chi connectivity index (χ2n) is 14.6. The molecule has 40 heavy (non-hydrogen) atoms. The summed E-state index contributed by atoms with van der Waals surface area (Å²) in [6, 6.07) is -0.0822. The number of nitrogens with zero attached hydrogens (tertiary/aromatic N) is 1. The molecule has 5 fully saturated rings. The van der Waals surface area contributed by atoms with Crippen LogP contribution in [0.3, 0.4) is 0 Å². The largest absolute Gasteiger partial charge is 0.748 e. The van der Waals surface area contributed by atoms with Crippen LogP contribution in [0, 0.1) is 46.3 Å². The molecule has 230 valence electrons. The Morgan fingerprint density at radius 2 is 1.75 bits per heavy atom. The highest BCUT2D eigenvalue weighted by Crippen LogP contribution is 2.68. The highest BCUT2D eigenvalue weighted by molar-refractivity contribution is 7.85. The van der Waals surface area contributed by atoms with E-state index in [9.17, 15) is 28.0 Å². The molecule has 5 rings (SSSR count). The van der Waals surface area contributed by atoms with E-state index in [1.165, 1.54) is 12.8 Å². The van der Waals surface area contributed by atoms with Crippen molar-refractivity contribution in [2.24, 2.45) is 46.3 Å². The van der Waals surface area contributed by atoms with Crippen molar-refractivity contribution in [3.05, 3.63) is 0 Å². The minimum absolute atomic E-state index is 0.0501. The summed E-state index contributed by atoms with van der Waals surface area (Å²) in [6.07, 6.45) is 10.2. The molecule has 0 bridgehead atoms. The van der Waals surface area contributed by atoms with Crippen LogP contribution in [0.15, 0.2) is 0 Å². The van der Waals surface area contributed by atoms with Gasteiger partial charge in [0, 0.05) is 32.2 Å². The Hall–Kier alpha value is -0.740. The number of amides is 1. The maximum absolute atomic E-state index is 13.4. The number of ether oxygens (including phenoxy) is 1. The van der Waals surface area contributed by atoms with E-state index in [-0.39, 0.29) is 47.4 Å². The summed E-state index contributed by atoms with van der Waals surface area (Å²) < 4.78 is 39.5. The monoisotopic (exact) mass is 582 g/mol. The first kappa shape index (κ1) is 30.7. The van der Waals surface area contributed by atoms with Crippen molar-refractivity contribution in [3.8, 4) is 0 Å². The molecule has 5 aliphatic rings. The van der Waals surface area contributed by atoms with Crippen LogP contribution in [0.2, 0.25) is 0 Å². The van der Waals surface area contributed by atoms with Gasteiger partial charge in [0.1, 0.15) is 0 Å². The zero-order chi connectivity index (χ0) is 28.9. The number of hydrogen-bond acceptors (Lipinski definition) is 7. The Labute approximate surface area is 241 Å². The van der Waals surface area contributed by atoms with Gasteiger partial charge in [0.25, 0.3) is 0 Å². The fourth-order valence-corrected chi connectivity index (χ4v) is 11.0. The predicted octanol–water partition coefficient (Wildman–Crippen LogP) is 3.95. The number of carbonyl (C=O) groups is 1. The van der Waals surface area contributed by atoms with Gasteiger partial charge in [-0.1, -0.05) is 20.8 Å². The van der Waals surface area contributed by atoms with Gasteiger partial charge in [0.15, 0.2) is 0 Å². The average molecular weight is 583 g/mol. The topological polar surface area (TPSA) is 127 Å². The summed E-state index contributed by atoms with van der Waals surface area (Å²) in [5, 5.41) is 22.2. The quantitative estimate of drug-likeness (QED) is 0.415. The van der Waals surface area contributed by atoms with Crippen molar-refractivity contribution in [1.82, 2.24) is 4.90 Å². The average Bonchev–Trinajstić information content (AvgIpc) is 3.27. The maximum atomic E-state index is 13.4. The fourth-order valence-electron chi connectivity index (χ4n) is 10.6. The van der Waals surface area contributed by atoms with Gasteiger partial charge in [0.2, 0.25) is 5.91 Å². The van der Waals surface area contributed by atoms with Crippen molar-refractivity contribution in [2.45, 2.75) is 116 Å². The molecule has 4 saturated carbocycles. The molecule has 2 N–H and O–H groups in total. The van der Waals surface area contributed by atoms with E-state index < -0.39 is 15.9 Å². The Bertz CT molecular complexity index is 1020. The molecule has 0 spiro atoms. The van der Waals surface area contributed by atoms with Crippen LogP contribution in [0.1, 0.15) is 97.8 Å². The fraction of sp³-hybridized carbons (Fsp3) is 0.968. The van der Waals surface area contributed by atoms with Crippen molar-refractivity contribution < 1.29 is 32.7 Å². The van der Waals surface area contributed by atoms with E-state index in [1.54, 1.807) is 4.90 Å². The lowest BCUT2D eigenvalue weighted by atomic mass is 9.43. The van der Waals surface area contributed by atoms with E-state index in [4.69, 9.17) is 4.74 Å². The van der Waals surface area contributed by atoms with E-state index in [1.807, 2.05) is 0 Å². The first-order valence-electron chi connectivity index (χ1n) is 16.0. The third-order valence-electron chi connectivity index (χ3n) is 12.9. The molecule has 0 aromatic heterocycles. The molecule has 1 aliphatic heterocycles. The van der Waals surface area contributed by atoms with Crippen molar-refractivity contribution in [2.75, 3.05) is 25.5 Å². The zero-order valence-electron chi connectivity index (χ0n) is 24.8. The normalized spacial score (nSPS) is 42.9. The maximum Gasteiger partial charge on any atom is 0.222 e. The molecule has 1 heterocycles. The third kappa shape index (κ3) is 5.76. The number of aliphatic hydroxyl groups excluding tert-OH is 2. The van der Waals surface area contributed by atoms with Crippen LogP contribution in [-0.2, 0) is 19.6 Å². The molecule has 4 aliphatic carbocycles. The summed E-state index contributed by atoms with van der Waals surface area (Å²) >= 11 is 0. The number of rotatable bonds is 8. The van der Waals surface area contributed by atoms with Crippen LogP contribution in [-0.4, -0.2) is 77.8 Å². The Balaban J connectivity index is 1.25. The second-order valence-corrected chi connectivity index (χ2v) is 16.1. The second kappa shape index (κ2) is 11.7. The van der Waals surface area contributed by atoms with Gasteiger partial charge in [0.05, 0.1) is 28.1 Å². The molecule has 0 aromatic carbocycles. The Morgan fingerprint density at radius 1 is 1.02 bits per heavy atom. The SMILES string of the molecule is C[C@H](CCC(=O)N(CCS(=O)(=O)[O-])C1CCOCC1)[C@H]1CC[C@H]2[C@@H]3CC[C@@H]4C[C@H](O)CC[C@]4(C)[C@H]3C[C@H](O)[C@]12C. The van der Waals surface area contributed by atoms with Crippen molar-refractivity contribution in [3.63, 3.8) is 0 Å². The van der Waals surface area contributed by atoms with Crippen LogP contribution >= 0.6 is 0 Å². The highest BCUT2D eigenvalue weighted by Gasteiger charge is 2.63. The molecule has 0 radical (unpaired) electrons. The van der Waals surface area contributed by atoms with Crippen molar-refractivity contribution >= 4 is 16.0 Å². The van der Waals surface area contributed by atoms with Gasteiger partial charge in [-0.25, -0.2) is 8.42 Å². The van der Waals surface area contributed by atoms with Crippen molar-refractivity contribution in [1.29, 1.82) is 0 Å². The zero-order valence-corrected chi connectivity index (χ0v) is 25.6. The number of aliphatic hydroxyl groups is 2. The molecular weight excluding hydrogens is 530 g/mol. The predicted molar refractivity (Wildman–Crippen MR) is 151 cm³/mol. The molecule has 8 nitrogen and oxygen atoms in total. The van der Waals surface area contributed by atoms with E-state index in [2.05, 4.69) is 20.8 Å². The molecule has 1 saturated heterocycles. The van der Waals surface area contributed by atoms with Gasteiger partial charge in [-0.3, -0.25) is 4.79 Å². The standard InChI is InChI=1S/C31H53NO7S/c1-20(4-9-29(35)32(14-17-40(36,37)38)22-11-15-39-16-12-22)25-7-8-26-24-6-5-21-18-23(33)10-13-30(21,2)27(24)19-28(34)31(25,26)3/h20-28,33-34H,4-19H2,1-3H3,(H,36,37,38)/p-1/t20-,21-,23-,24+,25-,26+,27+,28+,30+,31-/m1/s1. The van der Waals surface area contributed by atoms with Gasteiger partial charge in [-0.05, 0) is 117 Å². The number of fused-ring (bicyclic) bond motifs is 5. The molecule has 10 atom stereocenters. The van der Waals surface area contributed by atoms with Gasteiger partial charge < -0.3 is 24.4 Å². The van der Waals surface area contributed by atoms with E-state index in [0.717, 1.165) is 38.5 Å². The first-order chi connectivity index (χ1) is 18.8. The molecule has 9 heteroatoms. The summed E-state index contributed by atoms with van der Waals surface area (Å²) in [5.74, 6) is 2.19.